The van der Waals surface area contributed by atoms with E-state index < -0.39 is 12.0 Å². The number of carbonyl (C=O) groups excluding carboxylic acids is 2. The minimum absolute atomic E-state index is 0.0184. The van der Waals surface area contributed by atoms with E-state index in [0.717, 1.165) is 5.56 Å². The monoisotopic (exact) mass is 371 g/mol. The molecular weight excluding hydrogens is 346 g/mol. The van der Waals surface area contributed by atoms with Crippen molar-refractivity contribution in [3.8, 4) is 0 Å². The van der Waals surface area contributed by atoms with Crippen molar-refractivity contribution in [1.82, 2.24) is 5.32 Å². The molecule has 0 radical (unpaired) electrons. The summed E-state index contributed by atoms with van der Waals surface area (Å²) in [6, 6.07) is 17.7. The molecule has 2 aromatic carbocycles. The van der Waals surface area contributed by atoms with Gasteiger partial charge in [-0.15, -0.1) is 0 Å². The van der Waals surface area contributed by atoms with E-state index in [1.54, 1.807) is 36.0 Å². The number of benzene rings is 2. The van der Waals surface area contributed by atoms with Crippen molar-refractivity contribution in [2.75, 3.05) is 5.75 Å². The van der Waals surface area contributed by atoms with E-state index in [-0.39, 0.29) is 17.3 Å². The lowest BCUT2D eigenvalue weighted by Gasteiger charge is -2.23. The number of hydrogen-bond acceptors (Lipinski definition) is 4. The van der Waals surface area contributed by atoms with Gasteiger partial charge in [-0.2, -0.15) is 11.8 Å². The Bertz CT molecular complexity index is 711. The van der Waals surface area contributed by atoms with Gasteiger partial charge in [-0.25, -0.2) is 4.79 Å². The van der Waals surface area contributed by atoms with Crippen molar-refractivity contribution in [1.29, 1.82) is 0 Å². The van der Waals surface area contributed by atoms with Crippen molar-refractivity contribution >= 4 is 23.6 Å². The molecule has 5 heteroatoms. The maximum absolute atomic E-state index is 12.5. The van der Waals surface area contributed by atoms with E-state index in [1.165, 1.54) is 0 Å². The molecule has 0 saturated heterocycles. The number of nitrogens with one attached hydrogen (secondary N) is 1. The molecule has 0 heterocycles. The summed E-state index contributed by atoms with van der Waals surface area (Å²) < 4.78 is 5.41. The van der Waals surface area contributed by atoms with Gasteiger partial charge in [-0.05, 0) is 17.7 Å². The first-order valence-corrected chi connectivity index (χ1v) is 9.54. The molecule has 2 rings (SSSR count). The van der Waals surface area contributed by atoms with Crippen LogP contribution in [0.2, 0.25) is 0 Å². The summed E-state index contributed by atoms with van der Waals surface area (Å²) in [5, 5.41) is 2.81. The summed E-state index contributed by atoms with van der Waals surface area (Å²) in [4.78, 5) is 25.0. The Balaban J connectivity index is 2.02. The van der Waals surface area contributed by atoms with Gasteiger partial charge in [0.2, 0.25) is 0 Å². The zero-order valence-electron chi connectivity index (χ0n) is 15.4. The highest BCUT2D eigenvalue weighted by molar-refractivity contribution is 8.00. The lowest BCUT2D eigenvalue weighted by atomic mass is 10.2. The molecule has 0 aromatic heterocycles. The van der Waals surface area contributed by atoms with E-state index in [1.807, 2.05) is 36.4 Å². The lowest BCUT2D eigenvalue weighted by Crippen LogP contribution is -2.44. The fraction of sp³-hybridized carbons (Fsp3) is 0.333. The number of amides is 1. The maximum atomic E-state index is 12.5. The second-order valence-electron chi connectivity index (χ2n) is 6.91. The third-order valence-electron chi connectivity index (χ3n) is 3.53. The van der Waals surface area contributed by atoms with Crippen molar-refractivity contribution in [2.24, 2.45) is 0 Å². The summed E-state index contributed by atoms with van der Waals surface area (Å²) in [5.74, 6) is -0.243. The van der Waals surface area contributed by atoms with E-state index >= 15 is 0 Å². The topological polar surface area (TPSA) is 55.4 Å². The zero-order chi connectivity index (χ0) is 19.0. The summed E-state index contributed by atoms with van der Waals surface area (Å²) >= 11 is 1.61. The number of rotatable bonds is 7. The predicted molar refractivity (Wildman–Crippen MR) is 106 cm³/mol. The van der Waals surface area contributed by atoms with Crippen LogP contribution in [-0.4, -0.2) is 28.4 Å². The SMILES string of the molecule is CC(C)(C)SC[C@H](NC(=O)c1ccccc1)C(=O)OCc1ccccc1. The number of carbonyl (C=O) groups is 2. The van der Waals surface area contributed by atoms with Gasteiger partial charge in [0.05, 0.1) is 0 Å². The first-order valence-electron chi connectivity index (χ1n) is 8.55. The predicted octanol–water partition coefficient (Wildman–Crippen LogP) is 4.06. The molecule has 0 bridgehead atoms. The van der Waals surface area contributed by atoms with Crippen LogP contribution < -0.4 is 5.32 Å². The van der Waals surface area contributed by atoms with Gasteiger partial charge in [0.15, 0.2) is 0 Å². The molecule has 0 saturated carbocycles. The minimum Gasteiger partial charge on any atom is -0.459 e. The standard InChI is InChI=1S/C21H25NO3S/c1-21(2,3)26-15-18(22-19(23)17-12-8-5-9-13-17)20(24)25-14-16-10-6-4-7-11-16/h4-13,18H,14-15H2,1-3H3,(H,22,23)/t18-/m0/s1. The van der Waals surface area contributed by atoms with E-state index in [4.69, 9.17) is 4.74 Å². The first kappa shape index (κ1) is 20.0. The molecule has 0 unspecified atom stereocenters. The van der Waals surface area contributed by atoms with Crippen LogP contribution in [0.3, 0.4) is 0 Å². The minimum atomic E-state index is -0.698. The number of ether oxygens (including phenoxy) is 1. The highest BCUT2D eigenvalue weighted by Crippen LogP contribution is 2.24. The van der Waals surface area contributed by atoms with Crippen LogP contribution in [0, 0.1) is 0 Å². The largest absolute Gasteiger partial charge is 0.459 e. The van der Waals surface area contributed by atoms with Gasteiger partial charge in [-0.1, -0.05) is 69.3 Å². The van der Waals surface area contributed by atoms with Gasteiger partial charge in [0, 0.05) is 16.1 Å². The summed E-state index contributed by atoms with van der Waals surface area (Å²) in [6.45, 7) is 6.41. The molecule has 1 N–H and O–H groups in total. The molecular formula is C21H25NO3S. The van der Waals surface area contributed by atoms with E-state index in [9.17, 15) is 9.59 Å². The molecule has 26 heavy (non-hydrogen) atoms. The van der Waals surface area contributed by atoms with Gasteiger partial charge in [0.25, 0.3) is 5.91 Å². The van der Waals surface area contributed by atoms with Crippen LogP contribution in [0.15, 0.2) is 60.7 Å². The molecule has 2 aromatic rings. The number of thioether (sulfide) groups is 1. The highest BCUT2D eigenvalue weighted by Gasteiger charge is 2.25. The second kappa shape index (κ2) is 9.43. The normalized spacial score (nSPS) is 12.3. The molecule has 0 aliphatic heterocycles. The van der Waals surface area contributed by atoms with Crippen LogP contribution in [0.5, 0.6) is 0 Å². The van der Waals surface area contributed by atoms with Gasteiger partial charge < -0.3 is 10.1 Å². The van der Waals surface area contributed by atoms with Crippen molar-refractivity contribution in [3.05, 3.63) is 71.8 Å². The van der Waals surface area contributed by atoms with Crippen LogP contribution in [0.1, 0.15) is 36.7 Å². The Morgan fingerprint density at radius 3 is 2.15 bits per heavy atom. The third-order valence-corrected chi connectivity index (χ3v) is 4.90. The average Bonchev–Trinajstić information content (AvgIpc) is 2.63. The van der Waals surface area contributed by atoms with Crippen LogP contribution in [0.4, 0.5) is 0 Å². The van der Waals surface area contributed by atoms with Gasteiger partial charge in [0.1, 0.15) is 12.6 Å². The van der Waals surface area contributed by atoms with Crippen molar-refractivity contribution < 1.29 is 14.3 Å². The van der Waals surface area contributed by atoms with Gasteiger partial charge in [-0.3, -0.25) is 4.79 Å². The quantitative estimate of drug-likeness (QED) is 0.746. The Labute approximate surface area is 159 Å². The fourth-order valence-electron chi connectivity index (χ4n) is 2.16. The summed E-state index contributed by atoms with van der Waals surface area (Å²) in [6.07, 6.45) is 0. The molecule has 1 amide bonds. The fourth-order valence-corrected chi connectivity index (χ4v) is 3.05. The Hall–Kier alpha value is -2.27. The van der Waals surface area contributed by atoms with Crippen molar-refractivity contribution in [2.45, 2.75) is 38.2 Å². The van der Waals surface area contributed by atoms with E-state index in [0.29, 0.717) is 11.3 Å². The first-order chi connectivity index (χ1) is 12.3. The van der Waals surface area contributed by atoms with Crippen LogP contribution >= 0.6 is 11.8 Å². The average molecular weight is 372 g/mol. The molecule has 0 aliphatic rings. The maximum Gasteiger partial charge on any atom is 0.329 e. The Kier molecular flexibility index (Phi) is 7.27. The second-order valence-corrected chi connectivity index (χ2v) is 8.76. The number of hydrogen-bond donors (Lipinski definition) is 1. The van der Waals surface area contributed by atoms with E-state index in [2.05, 4.69) is 26.1 Å². The molecule has 1 atom stereocenters. The molecule has 0 fully saturated rings. The highest BCUT2D eigenvalue weighted by atomic mass is 32.2. The summed E-state index contributed by atoms with van der Waals surface area (Å²) in [7, 11) is 0. The molecule has 4 nitrogen and oxygen atoms in total. The zero-order valence-corrected chi connectivity index (χ0v) is 16.2. The molecule has 138 valence electrons. The lowest BCUT2D eigenvalue weighted by molar-refractivity contribution is -0.146. The smallest absolute Gasteiger partial charge is 0.329 e. The molecule has 0 spiro atoms. The third kappa shape index (κ3) is 6.92. The number of esters is 1. The van der Waals surface area contributed by atoms with Gasteiger partial charge >= 0.3 is 5.97 Å². The summed E-state index contributed by atoms with van der Waals surface area (Å²) in [5.41, 5.74) is 1.44. The Morgan fingerprint density at radius 2 is 1.58 bits per heavy atom. The van der Waals surface area contributed by atoms with Crippen LogP contribution in [0.25, 0.3) is 0 Å². The van der Waals surface area contributed by atoms with Crippen molar-refractivity contribution in [3.63, 3.8) is 0 Å². The van der Waals surface area contributed by atoms with Crippen LogP contribution in [-0.2, 0) is 16.1 Å². The Morgan fingerprint density at radius 1 is 1.00 bits per heavy atom. The molecule has 0 aliphatic carbocycles.